The maximum Gasteiger partial charge on any atom is 0.405 e. The number of hydrogen-bond donors (Lipinski definition) is 2. The second-order valence-electron chi connectivity index (χ2n) is 10.7. The summed E-state index contributed by atoms with van der Waals surface area (Å²) in [4.78, 5) is 18.1. The molecule has 2 unspecified atom stereocenters. The largest absolute Gasteiger partial charge is 0.490 e. The third-order valence-corrected chi connectivity index (χ3v) is 7.11. The number of nitrogens with zero attached hydrogens (tertiary/aromatic N) is 2. The number of anilines is 2. The van der Waals surface area contributed by atoms with Gasteiger partial charge in [-0.3, -0.25) is 0 Å². The third kappa shape index (κ3) is 6.95. The Morgan fingerprint density at radius 3 is 2.55 bits per heavy atom. The zero-order chi connectivity index (χ0) is 27.3. The highest BCUT2D eigenvalue weighted by atomic mass is 35.5. The molecule has 1 aromatic heterocycles. The van der Waals surface area contributed by atoms with Crippen LogP contribution in [0.4, 0.5) is 20.7 Å². The highest BCUT2D eigenvalue weighted by Gasteiger charge is 2.31. The van der Waals surface area contributed by atoms with Crippen LogP contribution in [0.2, 0.25) is 5.02 Å². The Balaban J connectivity index is 1.57. The summed E-state index contributed by atoms with van der Waals surface area (Å²) >= 11 is 6.61. The molecule has 1 amide bonds. The molecule has 0 bridgehead atoms. The van der Waals surface area contributed by atoms with E-state index in [9.17, 15) is 14.3 Å². The lowest BCUT2D eigenvalue weighted by atomic mass is 9.91. The smallest absolute Gasteiger partial charge is 0.405 e. The fourth-order valence-electron chi connectivity index (χ4n) is 5.33. The van der Waals surface area contributed by atoms with E-state index in [4.69, 9.17) is 16.3 Å². The molecule has 0 saturated heterocycles. The van der Waals surface area contributed by atoms with E-state index in [2.05, 4.69) is 15.2 Å². The van der Waals surface area contributed by atoms with Crippen molar-refractivity contribution in [2.24, 2.45) is 5.92 Å². The minimum absolute atomic E-state index is 0.0362. The van der Waals surface area contributed by atoms with Crippen LogP contribution in [-0.2, 0) is 0 Å². The van der Waals surface area contributed by atoms with Crippen LogP contribution in [0.3, 0.4) is 0 Å². The van der Waals surface area contributed by atoms with Gasteiger partial charge < -0.3 is 20.1 Å². The van der Waals surface area contributed by atoms with Crippen molar-refractivity contribution in [3.05, 3.63) is 71.9 Å². The van der Waals surface area contributed by atoms with Crippen molar-refractivity contribution < 1.29 is 19.0 Å². The Hall–Kier alpha value is -3.32. The topological polar surface area (TPSA) is 74.7 Å². The molecule has 2 N–H and O–H groups in total. The Morgan fingerprint density at radius 2 is 1.92 bits per heavy atom. The molecule has 3 atom stereocenters. The van der Waals surface area contributed by atoms with Crippen LogP contribution < -0.4 is 15.0 Å². The number of amides is 1. The van der Waals surface area contributed by atoms with Gasteiger partial charge in [0.15, 0.2) is 0 Å². The first-order valence-corrected chi connectivity index (χ1v) is 13.4. The molecule has 2 aromatic carbocycles. The molecule has 4 rings (SSSR count). The van der Waals surface area contributed by atoms with Gasteiger partial charge in [-0.05, 0) is 86.1 Å². The molecule has 8 heteroatoms. The van der Waals surface area contributed by atoms with E-state index in [-0.39, 0.29) is 18.6 Å². The molecule has 1 saturated carbocycles. The summed E-state index contributed by atoms with van der Waals surface area (Å²) in [5.41, 5.74) is 2.05. The molecule has 3 aromatic rings. The van der Waals surface area contributed by atoms with Gasteiger partial charge in [-0.15, -0.1) is 0 Å². The second kappa shape index (κ2) is 12.0. The number of pyridine rings is 1. The molecule has 1 heterocycles. The number of carboxylic acid groups (broad SMARTS) is 1. The number of rotatable bonds is 10. The first kappa shape index (κ1) is 27.7. The quantitative estimate of drug-likeness (QED) is 0.274. The number of aromatic nitrogens is 1. The van der Waals surface area contributed by atoms with Crippen molar-refractivity contribution in [2.45, 2.75) is 64.2 Å². The van der Waals surface area contributed by atoms with Gasteiger partial charge in [0.05, 0.1) is 10.6 Å². The maximum atomic E-state index is 14.1. The number of nitrogens with one attached hydrogen (secondary N) is 1. The van der Waals surface area contributed by atoms with E-state index in [0.29, 0.717) is 30.0 Å². The minimum Gasteiger partial charge on any atom is -0.490 e. The predicted octanol–water partition coefficient (Wildman–Crippen LogP) is 7.88. The zero-order valence-electron chi connectivity index (χ0n) is 22.0. The molecular weight excluding hydrogens is 505 g/mol. The van der Waals surface area contributed by atoms with E-state index in [0.717, 1.165) is 29.1 Å². The molecule has 1 fully saturated rings. The summed E-state index contributed by atoms with van der Waals surface area (Å²) in [6.45, 7) is 6.05. The molecule has 202 valence electrons. The fourth-order valence-corrected chi connectivity index (χ4v) is 5.56. The molecule has 0 spiro atoms. The number of alkyl halides is 1. The van der Waals surface area contributed by atoms with Crippen molar-refractivity contribution in [1.82, 2.24) is 10.3 Å². The van der Waals surface area contributed by atoms with Crippen LogP contribution in [0.15, 0.2) is 66.9 Å². The lowest BCUT2D eigenvalue weighted by molar-refractivity contribution is 0.143. The third-order valence-electron chi connectivity index (χ3n) is 6.81. The Bertz CT molecular complexity index is 1240. The van der Waals surface area contributed by atoms with E-state index in [1.54, 1.807) is 12.3 Å². The average Bonchev–Trinajstić information content (AvgIpc) is 3.29. The SMILES string of the molecule is CC(C)C[C@@](C)(COc1ccc(-c2ccnc(N(c3ccccc3)C3CCC(F)C3)c2)cc1Cl)NC(=O)O. The van der Waals surface area contributed by atoms with E-state index in [1.165, 1.54) is 0 Å². The summed E-state index contributed by atoms with van der Waals surface area (Å²) in [5, 5.41) is 12.3. The van der Waals surface area contributed by atoms with Crippen LogP contribution in [-0.4, -0.2) is 40.5 Å². The highest BCUT2D eigenvalue weighted by Crippen LogP contribution is 2.37. The van der Waals surface area contributed by atoms with Gasteiger partial charge in [-0.1, -0.05) is 49.7 Å². The van der Waals surface area contributed by atoms with Crippen molar-refractivity contribution in [3.8, 4) is 16.9 Å². The fraction of sp³-hybridized carbons (Fsp3) is 0.400. The molecular formula is C30H35ClFN3O3. The van der Waals surface area contributed by atoms with Crippen molar-refractivity contribution in [1.29, 1.82) is 0 Å². The van der Waals surface area contributed by atoms with Gasteiger partial charge in [0, 0.05) is 17.9 Å². The molecule has 1 aliphatic rings. The Labute approximate surface area is 228 Å². The van der Waals surface area contributed by atoms with Gasteiger partial charge >= 0.3 is 6.09 Å². The van der Waals surface area contributed by atoms with Gasteiger partial charge in [-0.2, -0.15) is 0 Å². The maximum absolute atomic E-state index is 14.1. The van der Waals surface area contributed by atoms with Crippen molar-refractivity contribution >= 4 is 29.2 Å². The van der Waals surface area contributed by atoms with Gasteiger partial charge in [0.1, 0.15) is 24.3 Å². The molecule has 6 nitrogen and oxygen atoms in total. The summed E-state index contributed by atoms with van der Waals surface area (Å²) in [6.07, 6.45) is 2.30. The normalized spacial score (nSPS) is 18.7. The standard InChI is InChI=1S/C30H35ClFN3O3/c1-20(2)18-30(3,34-29(36)37)19-38-27-12-9-21(15-26(27)31)22-13-14-33-28(16-22)35(24-7-5-4-6-8-24)25-11-10-23(32)17-25/h4-9,12-16,20,23,25,34H,10-11,17-19H2,1-3H3,(H,36,37)/t23?,25?,30-/m0/s1. The summed E-state index contributed by atoms with van der Waals surface area (Å²) in [7, 11) is 0. The van der Waals surface area contributed by atoms with Crippen LogP contribution in [0.5, 0.6) is 5.75 Å². The van der Waals surface area contributed by atoms with E-state index < -0.39 is 17.8 Å². The second-order valence-corrected chi connectivity index (χ2v) is 11.1. The van der Waals surface area contributed by atoms with Gasteiger partial charge in [-0.25, -0.2) is 14.2 Å². The van der Waals surface area contributed by atoms with Crippen molar-refractivity contribution in [2.75, 3.05) is 11.5 Å². The average molecular weight is 540 g/mol. The summed E-state index contributed by atoms with van der Waals surface area (Å²) in [6, 6.07) is 19.5. The van der Waals surface area contributed by atoms with Crippen LogP contribution in [0.1, 0.15) is 46.5 Å². The Morgan fingerprint density at radius 1 is 1.18 bits per heavy atom. The molecule has 0 radical (unpaired) electrons. The molecule has 0 aliphatic heterocycles. The summed E-state index contributed by atoms with van der Waals surface area (Å²) in [5.74, 6) is 1.52. The molecule has 1 aliphatic carbocycles. The first-order valence-electron chi connectivity index (χ1n) is 13.0. The van der Waals surface area contributed by atoms with Crippen molar-refractivity contribution in [3.63, 3.8) is 0 Å². The van der Waals surface area contributed by atoms with Gasteiger partial charge in [0.2, 0.25) is 0 Å². The first-order chi connectivity index (χ1) is 18.1. The van der Waals surface area contributed by atoms with Crippen LogP contribution >= 0.6 is 11.6 Å². The highest BCUT2D eigenvalue weighted by molar-refractivity contribution is 6.32. The molecule has 38 heavy (non-hydrogen) atoms. The van der Waals surface area contributed by atoms with E-state index in [1.807, 2.05) is 75.4 Å². The van der Waals surface area contributed by atoms with E-state index >= 15 is 0 Å². The number of benzene rings is 2. The lowest BCUT2D eigenvalue weighted by Crippen LogP contribution is -2.50. The van der Waals surface area contributed by atoms with Crippen LogP contribution in [0.25, 0.3) is 11.1 Å². The minimum atomic E-state index is -1.09. The number of halogens is 2. The number of para-hydroxylation sites is 1. The predicted molar refractivity (Wildman–Crippen MR) is 150 cm³/mol. The zero-order valence-corrected chi connectivity index (χ0v) is 22.8. The summed E-state index contributed by atoms with van der Waals surface area (Å²) < 4.78 is 20.1. The van der Waals surface area contributed by atoms with Gasteiger partial charge in [0.25, 0.3) is 0 Å². The Kier molecular flexibility index (Phi) is 8.77. The van der Waals surface area contributed by atoms with Crippen LogP contribution in [0, 0.1) is 5.92 Å². The number of ether oxygens (including phenoxy) is 1. The number of carbonyl (C=O) groups is 1. The lowest BCUT2D eigenvalue weighted by Gasteiger charge is -2.31. The number of hydrogen-bond acceptors (Lipinski definition) is 4. The monoisotopic (exact) mass is 539 g/mol.